The summed E-state index contributed by atoms with van der Waals surface area (Å²) < 4.78 is 5.67. The second-order valence-electron chi connectivity index (χ2n) is 7.28. The molecule has 0 aliphatic heterocycles. The number of benzene rings is 3. The van der Waals surface area contributed by atoms with Gasteiger partial charge in [0.05, 0.1) is 12.5 Å². The van der Waals surface area contributed by atoms with E-state index >= 15 is 0 Å². The predicted octanol–water partition coefficient (Wildman–Crippen LogP) is 4.85. The van der Waals surface area contributed by atoms with Crippen LogP contribution in [0.2, 0.25) is 0 Å². The molecule has 0 atom stereocenters. The highest BCUT2D eigenvalue weighted by atomic mass is 16.5. The van der Waals surface area contributed by atoms with Crippen molar-refractivity contribution in [2.24, 2.45) is 0 Å². The first kappa shape index (κ1) is 22.1. The molecule has 0 aliphatic rings. The number of hydrogen-bond donors (Lipinski definition) is 2. The van der Waals surface area contributed by atoms with E-state index in [2.05, 4.69) is 17.8 Å². The van der Waals surface area contributed by atoms with E-state index < -0.39 is 5.92 Å². The molecular weight excluding hydrogens is 388 g/mol. The topological polar surface area (TPSA) is 67.4 Å². The van der Waals surface area contributed by atoms with Crippen molar-refractivity contribution in [3.05, 3.63) is 102 Å². The zero-order valence-corrected chi connectivity index (χ0v) is 17.7. The van der Waals surface area contributed by atoms with Gasteiger partial charge in [-0.05, 0) is 41.8 Å². The molecular formula is C26H28N2O3. The van der Waals surface area contributed by atoms with Crippen molar-refractivity contribution in [3.8, 4) is 5.75 Å². The number of amides is 2. The molecule has 0 spiro atoms. The number of carbonyl (C=O) groups excluding carboxylic acids is 2. The quantitative estimate of drug-likeness (QED) is 0.387. The van der Waals surface area contributed by atoms with Crippen LogP contribution in [0.5, 0.6) is 5.75 Å². The van der Waals surface area contributed by atoms with Crippen molar-refractivity contribution in [3.63, 3.8) is 0 Å². The molecule has 0 heterocycles. The number of nitrogens with one attached hydrogen (secondary N) is 2. The van der Waals surface area contributed by atoms with Gasteiger partial charge in [-0.25, -0.2) is 0 Å². The average Bonchev–Trinajstić information content (AvgIpc) is 2.82. The minimum Gasteiger partial charge on any atom is -0.494 e. The fourth-order valence-electron chi connectivity index (χ4n) is 3.29. The minimum absolute atomic E-state index is 0.304. The number of rotatable bonds is 9. The molecule has 0 bridgehead atoms. The number of unbranched alkanes of at least 4 members (excludes halogenated alkanes) is 2. The van der Waals surface area contributed by atoms with Crippen molar-refractivity contribution in [2.75, 3.05) is 6.61 Å². The van der Waals surface area contributed by atoms with Crippen molar-refractivity contribution in [1.82, 2.24) is 10.9 Å². The summed E-state index contributed by atoms with van der Waals surface area (Å²) in [5, 5.41) is 0. The summed E-state index contributed by atoms with van der Waals surface area (Å²) in [5.74, 6) is -0.487. The van der Waals surface area contributed by atoms with E-state index in [0.717, 1.165) is 36.1 Å². The summed E-state index contributed by atoms with van der Waals surface area (Å²) in [6.45, 7) is 2.81. The monoisotopic (exact) mass is 416 g/mol. The Kier molecular flexibility index (Phi) is 8.23. The van der Waals surface area contributed by atoms with Crippen LogP contribution >= 0.6 is 0 Å². The Hall–Kier alpha value is -3.60. The molecule has 3 aromatic rings. The fraction of sp³-hybridized carbons (Fsp3) is 0.231. The van der Waals surface area contributed by atoms with Crippen LogP contribution in [0.25, 0.3) is 0 Å². The van der Waals surface area contributed by atoms with Gasteiger partial charge in [0.1, 0.15) is 5.75 Å². The lowest BCUT2D eigenvalue weighted by molar-refractivity contribution is -0.122. The molecule has 2 amide bonds. The molecule has 2 N–H and O–H groups in total. The van der Waals surface area contributed by atoms with E-state index in [0.29, 0.717) is 12.2 Å². The van der Waals surface area contributed by atoms with Crippen LogP contribution in [0.4, 0.5) is 0 Å². The predicted molar refractivity (Wildman–Crippen MR) is 122 cm³/mol. The molecule has 0 saturated heterocycles. The first-order valence-electron chi connectivity index (χ1n) is 10.6. The van der Waals surface area contributed by atoms with Gasteiger partial charge in [-0.2, -0.15) is 0 Å². The van der Waals surface area contributed by atoms with Crippen LogP contribution < -0.4 is 15.6 Å². The lowest BCUT2D eigenvalue weighted by atomic mass is 9.91. The normalized spacial score (nSPS) is 10.5. The van der Waals surface area contributed by atoms with Crippen LogP contribution in [-0.4, -0.2) is 18.4 Å². The molecule has 0 fully saturated rings. The molecule has 0 radical (unpaired) electrons. The Balaban J connectivity index is 1.61. The maximum absolute atomic E-state index is 13.0. The highest BCUT2D eigenvalue weighted by Gasteiger charge is 2.23. The second-order valence-corrected chi connectivity index (χ2v) is 7.28. The lowest BCUT2D eigenvalue weighted by Crippen LogP contribution is -2.44. The molecule has 0 unspecified atom stereocenters. The van der Waals surface area contributed by atoms with Gasteiger partial charge in [0.15, 0.2) is 0 Å². The summed E-state index contributed by atoms with van der Waals surface area (Å²) in [5.41, 5.74) is 7.24. The molecule has 160 valence electrons. The summed E-state index contributed by atoms with van der Waals surface area (Å²) in [6, 6.07) is 25.9. The van der Waals surface area contributed by atoms with Crippen LogP contribution in [0, 0.1) is 0 Å². The molecule has 0 aromatic heterocycles. The Morgan fingerprint density at radius 3 is 1.90 bits per heavy atom. The van der Waals surface area contributed by atoms with Gasteiger partial charge < -0.3 is 4.74 Å². The van der Waals surface area contributed by atoms with Crippen molar-refractivity contribution in [1.29, 1.82) is 0 Å². The molecule has 3 aromatic carbocycles. The largest absolute Gasteiger partial charge is 0.494 e. The standard InChI is InChI=1S/C26H28N2O3/c1-2-3-10-19-31-23-17-15-22(16-18-23)25(29)27-28-26(30)24(20-11-6-4-7-12-20)21-13-8-5-9-14-21/h4-9,11-18,24H,2-3,10,19H2,1H3,(H,27,29)(H,28,30). The third-order valence-electron chi connectivity index (χ3n) is 4.96. The number of hydrazine groups is 1. The summed E-state index contributed by atoms with van der Waals surface area (Å²) in [7, 11) is 0. The van der Waals surface area contributed by atoms with Gasteiger partial charge in [-0.3, -0.25) is 20.4 Å². The Morgan fingerprint density at radius 2 is 1.35 bits per heavy atom. The SMILES string of the molecule is CCCCCOc1ccc(C(=O)NNC(=O)C(c2ccccc2)c2ccccc2)cc1. The number of ether oxygens (including phenoxy) is 1. The van der Waals surface area contributed by atoms with E-state index in [1.807, 2.05) is 60.7 Å². The lowest BCUT2D eigenvalue weighted by Gasteiger charge is -2.18. The molecule has 3 rings (SSSR count). The summed E-state index contributed by atoms with van der Waals surface area (Å²) in [4.78, 5) is 25.4. The zero-order chi connectivity index (χ0) is 21.9. The Bertz CT molecular complexity index is 917. The van der Waals surface area contributed by atoms with E-state index in [9.17, 15) is 9.59 Å². The van der Waals surface area contributed by atoms with Gasteiger partial charge in [-0.15, -0.1) is 0 Å². The first-order valence-corrected chi connectivity index (χ1v) is 10.6. The first-order chi connectivity index (χ1) is 15.2. The van der Waals surface area contributed by atoms with Gasteiger partial charge in [0, 0.05) is 5.56 Å². The van der Waals surface area contributed by atoms with Gasteiger partial charge in [-0.1, -0.05) is 80.4 Å². The molecule has 31 heavy (non-hydrogen) atoms. The second kappa shape index (κ2) is 11.6. The smallest absolute Gasteiger partial charge is 0.269 e. The van der Waals surface area contributed by atoms with Crippen LogP contribution in [0.1, 0.15) is 53.6 Å². The van der Waals surface area contributed by atoms with Crippen molar-refractivity contribution in [2.45, 2.75) is 32.1 Å². The van der Waals surface area contributed by atoms with E-state index in [-0.39, 0.29) is 11.8 Å². The summed E-state index contributed by atoms with van der Waals surface area (Å²) >= 11 is 0. The summed E-state index contributed by atoms with van der Waals surface area (Å²) in [6.07, 6.45) is 3.28. The average molecular weight is 417 g/mol. The van der Waals surface area contributed by atoms with Gasteiger partial charge >= 0.3 is 0 Å². The molecule has 0 saturated carbocycles. The van der Waals surface area contributed by atoms with Crippen molar-refractivity contribution >= 4 is 11.8 Å². The fourth-order valence-corrected chi connectivity index (χ4v) is 3.29. The van der Waals surface area contributed by atoms with E-state index in [1.165, 1.54) is 0 Å². The van der Waals surface area contributed by atoms with Crippen LogP contribution in [0.15, 0.2) is 84.9 Å². The third-order valence-corrected chi connectivity index (χ3v) is 4.96. The van der Waals surface area contributed by atoms with Crippen LogP contribution in [0.3, 0.4) is 0 Å². The maximum atomic E-state index is 13.0. The molecule has 5 nitrogen and oxygen atoms in total. The van der Waals surface area contributed by atoms with Crippen LogP contribution in [-0.2, 0) is 4.79 Å². The van der Waals surface area contributed by atoms with Gasteiger partial charge in [0.2, 0.25) is 5.91 Å². The van der Waals surface area contributed by atoms with E-state index in [4.69, 9.17) is 4.74 Å². The number of carbonyl (C=O) groups is 2. The van der Waals surface area contributed by atoms with Crippen molar-refractivity contribution < 1.29 is 14.3 Å². The maximum Gasteiger partial charge on any atom is 0.269 e. The Morgan fingerprint density at radius 1 is 0.774 bits per heavy atom. The highest BCUT2D eigenvalue weighted by molar-refractivity contribution is 5.96. The van der Waals surface area contributed by atoms with Gasteiger partial charge in [0.25, 0.3) is 5.91 Å². The number of hydrogen-bond acceptors (Lipinski definition) is 3. The minimum atomic E-state index is -0.526. The highest BCUT2D eigenvalue weighted by Crippen LogP contribution is 2.24. The molecule has 5 heteroatoms. The Labute approximate surface area is 183 Å². The van der Waals surface area contributed by atoms with E-state index in [1.54, 1.807) is 24.3 Å². The third kappa shape index (κ3) is 6.44. The molecule has 0 aliphatic carbocycles. The zero-order valence-electron chi connectivity index (χ0n) is 17.7.